The van der Waals surface area contributed by atoms with Crippen LogP contribution in [0.4, 0.5) is 21.9 Å². The SMILES string of the molecule is CCC(=C(CC)c1ccc(OC(=O)N(C)c2cccc3c(O)c(C(=O)Nc4ccc(NS(C)(=O)=O)cc4)ccc23)cc1)c1ccc(O)cc1. The number of allylic oxidation sites excluding steroid dienone is 2. The Morgan fingerprint density at radius 2 is 1.31 bits per heavy atom. The number of rotatable bonds is 10. The van der Waals surface area contributed by atoms with Crippen LogP contribution < -0.4 is 19.7 Å². The zero-order valence-electron chi connectivity index (χ0n) is 27.5. The molecule has 0 atom stereocenters. The quantitative estimate of drug-likeness (QED) is 0.109. The van der Waals surface area contributed by atoms with Crippen LogP contribution in [0.15, 0.2) is 103 Å². The summed E-state index contributed by atoms with van der Waals surface area (Å²) in [7, 11) is -1.88. The summed E-state index contributed by atoms with van der Waals surface area (Å²) in [5, 5.41) is 24.4. The first-order valence-corrected chi connectivity index (χ1v) is 17.5. The van der Waals surface area contributed by atoms with Gasteiger partial charge in [-0.2, -0.15) is 0 Å². The Hall–Kier alpha value is -5.81. The van der Waals surface area contributed by atoms with Crippen LogP contribution in [0.1, 0.15) is 48.2 Å². The van der Waals surface area contributed by atoms with Gasteiger partial charge in [0.25, 0.3) is 5.91 Å². The van der Waals surface area contributed by atoms with Crippen molar-refractivity contribution >= 4 is 61.0 Å². The fraction of sp³-hybridized carbons (Fsp3) is 0.158. The normalized spacial score (nSPS) is 11.8. The minimum Gasteiger partial charge on any atom is -0.508 e. The molecule has 2 amide bonds. The van der Waals surface area contributed by atoms with E-state index < -0.39 is 22.0 Å². The van der Waals surface area contributed by atoms with E-state index in [0.29, 0.717) is 33.6 Å². The molecule has 5 aromatic carbocycles. The molecular weight excluding hydrogens is 642 g/mol. The second-order valence-corrected chi connectivity index (χ2v) is 13.2. The molecule has 10 nitrogen and oxygen atoms in total. The largest absolute Gasteiger partial charge is 0.508 e. The maximum Gasteiger partial charge on any atom is 0.419 e. The van der Waals surface area contributed by atoms with Gasteiger partial charge in [-0.1, -0.05) is 56.3 Å². The van der Waals surface area contributed by atoms with Gasteiger partial charge in [-0.15, -0.1) is 0 Å². The van der Waals surface area contributed by atoms with Crippen molar-refractivity contribution in [1.29, 1.82) is 0 Å². The number of nitrogens with one attached hydrogen (secondary N) is 2. The van der Waals surface area contributed by atoms with Crippen molar-refractivity contribution in [3.8, 4) is 17.2 Å². The zero-order chi connectivity index (χ0) is 35.3. The number of carbonyl (C=O) groups is 2. The lowest BCUT2D eigenvalue weighted by Gasteiger charge is -2.20. The number of ether oxygens (including phenoxy) is 1. The van der Waals surface area contributed by atoms with Gasteiger partial charge >= 0.3 is 6.09 Å². The number of sulfonamides is 1. The van der Waals surface area contributed by atoms with Crippen molar-refractivity contribution in [3.63, 3.8) is 0 Å². The molecule has 0 bridgehead atoms. The predicted octanol–water partition coefficient (Wildman–Crippen LogP) is 8.24. The first-order valence-electron chi connectivity index (χ1n) is 15.6. The van der Waals surface area contributed by atoms with Crippen molar-refractivity contribution in [2.45, 2.75) is 26.7 Å². The van der Waals surface area contributed by atoms with Crippen LogP contribution in [0.3, 0.4) is 0 Å². The van der Waals surface area contributed by atoms with Gasteiger partial charge < -0.3 is 20.3 Å². The number of fused-ring (bicyclic) bond motifs is 1. The van der Waals surface area contributed by atoms with Crippen LogP contribution in [-0.4, -0.2) is 43.9 Å². The highest BCUT2D eigenvalue weighted by Gasteiger charge is 2.20. The predicted molar refractivity (Wildman–Crippen MR) is 195 cm³/mol. The summed E-state index contributed by atoms with van der Waals surface area (Å²) < 4.78 is 31.0. The molecule has 0 heterocycles. The van der Waals surface area contributed by atoms with Gasteiger partial charge in [0.2, 0.25) is 10.0 Å². The number of phenols is 2. The van der Waals surface area contributed by atoms with Crippen molar-refractivity contribution in [2.75, 3.05) is 28.2 Å². The summed E-state index contributed by atoms with van der Waals surface area (Å²) >= 11 is 0. The molecular formula is C38H37N3O7S. The average molecular weight is 680 g/mol. The van der Waals surface area contributed by atoms with Crippen LogP contribution in [0, 0.1) is 0 Å². The standard InChI is InChI=1S/C38H37N3O7S/c1-5-30(24-10-18-28(42)19-11-24)31(6-2)25-12-20-29(21-13-25)48-38(45)41(3)35-9-7-8-33-32(35)22-23-34(36(33)43)37(44)39-26-14-16-27(17-15-26)40-49(4,46)47/h7-23,40,42-43H,5-6H2,1-4H3,(H,39,44). The molecule has 5 rings (SSSR count). The molecule has 4 N–H and O–H groups in total. The number of carbonyl (C=O) groups excluding carboxylic acids is 2. The van der Waals surface area contributed by atoms with E-state index in [1.54, 1.807) is 55.6 Å². The number of benzene rings is 5. The molecule has 0 aliphatic rings. The number of aromatic hydroxyl groups is 2. The topological polar surface area (TPSA) is 145 Å². The van der Waals surface area contributed by atoms with Gasteiger partial charge in [0.1, 0.15) is 17.2 Å². The van der Waals surface area contributed by atoms with Gasteiger partial charge in [-0.05, 0) is 95.8 Å². The number of hydrogen-bond acceptors (Lipinski definition) is 7. The Bertz CT molecular complexity index is 2140. The monoisotopic (exact) mass is 679 g/mol. The lowest BCUT2D eigenvalue weighted by Crippen LogP contribution is -2.29. The number of hydrogen-bond donors (Lipinski definition) is 4. The third kappa shape index (κ3) is 8.02. The van der Waals surface area contributed by atoms with Crippen LogP contribution in [-0.2, 0) is 10.0 Å². The van der Waals surface area contributed by atoms with E-state index in [2.05, 4.69) is 23.9 Å². The van der Waals surface area contributed by atoms with E-state index >= 15 is 0 Å². The second kappa shape index (κ2) is 14.5. The van der Waals surface area contributed by atoms with E-state index in [1.807, 2.05) is 24.3 Å². The summed E-state index contributed by atoms with van der Waals surface area (Å²) in [4.78, 5) is 27.7. The molecule has 11 heteroatoms. The molecule has 0 aliphatic carbocycles. The zero-order valence-corrected chi connectivity index (χ0v) is 28.3. The Morgan fingerprint density at radius 3 is 1.88 bits per heavy atom. The maximum absolute atomic E-state index is 13.3. The van der Waals surface area contributed by atoms with Gasteiger partial charge in [0.15, 0.2) is 0 Å². The molecule has 0 aliphatic heterocycles. The van der Waals surface area contributed by atoms with Crippen LogP contribution in [0.25, 0.3) is 21.9 Å². The molecule has 252 valence electrons. The Kier molecular flexibility index (Phi) is 10.2. The maximum atomic E-state index is 13.3. The van der Waals surface area contributed by atoms with Crippen LogP contribution in [0.5, 0.6) is 17.2 Å². The molecule has 0 unspecified atom stereocenters. The van der Waals surface area contributed by atoms with E-state index in [9.17, 15) is 28.2 Å². The van der Waals surface area contributed by atoms with E-state index in [1.165, 1.54) is 40.8 Å². The fourth-order valence-corrected chi connectivity index (χ4v) is 6.24. The summed E-state index contributed by atoms with van der Waals surface area (Å²) in [6.07, 6.45) is 2.00. The number of phenolic OH excluding ortho intramolecular Hbond substituents is 2. The second-order valence-electron chi connectivity index (χ2n) is 11.4. The van der Waals surface area contributed by atoms with Crippen molar-refractivity contribution in [3.05, 3.63) is 120 Å². The highest BCUT2D eigenvalue weighted by atomic mass is 32.2. The number of nitrogens with zero attached hydrogens (tertiary/aromatic N) is 1. The lowest BCUT2D eigenvalue weighted by atomic mass is 9.91. The van der Waals surface area contributed by atoms with Gasteiger partial charge in [0.05, 0.1) is 17.5 Å². The first-order chi connectivity index (χ1) is 23.4. The van der Waals surface area contributed by atoms with Crippen LogP contribution in [0.2, 0.25) is 0 Å². The summed E-state index contributed by atoms with van der Waals surface area (Å²) in [6.45, 7) is 4.18. The molecule has 49 heavy (non-hydrogen) atoms. The minimum absolute atomic E-state index is 0.0189. The third-order valence-corrected chi connectivity index (χ3v) is 8.64. The first kappa shape index (κ1) is 34.5. The number of amides is 2. The highest BCUT2D eigenvalue weighted by Crippen LogP contribution is 2.36. The van der Waals surface area contributed by atoms with Crippen molar-refractivity contribution in [2.24, 2.45) is 0 Å². The van der Waals surface area contributed by atoms with Crippen molar-refractivity contribution in [1.82, 2.24) is 0 Å². The summed E-state index contributed by atoms with van der Waals surface area (Å²) in [6, 6.07) is 28.7. The average Bonchev–Trinajstić information content (AvgIpc) is 3.08. The lowest BCUT2D eigenvalue weighted by molar-refractivity contribution is 0.102. The fourth-order valence-electron chi connectivity index (χ4n) is 5.67. The molecule has 0 aromatic heterocycles. The van der Waals surface area contributed by atoms with Gasteiger partial charge in [-0.3, -0.25) is 14.4 Å². The van der Waals surface area contributed by atoms with E-state index in [0.717, 1.165) is 35.8 Å². The number of anilines is 3. The third-order valence-electron chi connectivity index (χ3n) is 8.03. The molecule has 0 spiro atoms. The Labute approximate surface area is 285 Å². The van der Waals surface area contributed by atoms with Crippen LogP contribution >= 0.6 is 0 Å². The van der Waals surface area contributed by atoms with Gasteiger partial charge in [0, 0.05) is 29.2 Å². The molecule has 0 fully saturated rings. The summed E-state index contributed by atoms with van der Waals surface area (Å²) in [5.74, 6) is -0.252. The van der Waals surface area contributed by atoms with Crippen molar-refractivity contribution < 1.29 is 33.0 Å². The molecule has 0 saturated heterocycles. The molecule has 0 radical (unpaired) electrons. The smallest absolute Gasteiger partial charge is 0.419 e. The Balaban J connectivity index is 1.32. The van der Waals surface area contributed by atoms with E-state index in [4.69, 9.17) is 4.74 Å². The molecule has 5 aromatic rings. The van der Waals surface area contributed by atoms with E-state index in [-0.39, 0.29) is 17.1 Å². The Morgan fingerprint density at radius 1 is 0.735 bits per heavy atom. The molecule has 0 saturated carbocycles. The minimum atomic E-state index is -3.44. The van der Waals surface area contributed by atoms with Gasteiger partial charge in [-0.25, -0.2) is 13.2 Å². The summed E-state index contributed by atoms with van der Waals surface area (Å²) in [5.41, 5.74) is 5.61. The highest BCUT2D eigenvalue weighted by molar-refractivity contribution is 7.92.